The maximum Gasteiger partial charge on any atom is 0.254 e. The maximum absolute atomic E-state index is 13.1. The van der Waals surface area contributed by atoms with Gasteiger partial charge in [-0.05, 0) is 44.9 Å². The van der Waals surface area contributed by atoms with Crippen molar-refractivity contribution < 1.29 is 4.79 Å². The highest BCUT2D eigenvalue weighted by atomic mass is 16.2. The van der Waals surface area contributed by atoms with Crippen molar-refractivity contribution in [3.8, 4) is 0 Å². The van der Waals surface area contributed by atoms with E-state index >= 15 is 0 Å². The van der Waals surface area contributed by atoms with Crippen LogP contribution in [0, 0.1) is 13.8 Å². The predicted molar refractivity (Wildman–Crippen MR) is 99.6 cm³/mol. The van der Waals surface area contributed by atoms with E-state index < -0.39 is 0 Å². The number of nitrogens with zero attached hydrogens (tertiary/aromatic N) is 4. The Morgan fingerprint density at radius 1 is 1.24 bits per heavy atom. The van der Waals surface area contributed by atoms with Crippen LogP contribution >= 0.6 is 0 Å². The van der Waals surface area contributed by atoms with Gasteiger partial charge in [0.15, 0.2) is 5.65 Å². The van der Waals surface area contributed by atoms with E-state index in [1.165, 1.54) is 5.56 Å². The number of amides is 1. The largest absolute Gasteiger partial charge is 0.337 e. The van der Waals surface area contributed by atoms with Crippen molar-refractivity contribution in [1.82, 2.24) is 19.7 Å². The molecule has 2 heterocycles. The van der Waals surface area contributed by atoms with Crippen LogP contribution in [0.5, 0.6) is 0 Å². The first-order valence-electron chi connectivity index (χ1n) is 8.53. The molecule has 0 N–H and O–H groups in total. The van der Waals surface area contributed by atoms with Crippen LogP contribution < -0.4 is 0 Å². The van der Waals surface area contributed by atoms with Gasteiger partial charge in [-0.3, -0.25) is 4.79 Å². The quantitative estimate of drug-likeness (QED) is 0.726. The zero-order chi connectivity index (χ0) is 18.1. The monoisotopic (exact) mass is 336 g/mol. The molecule has 25 heavy (non-hydrogen) atoms. The van der Waals surface area contributed by atoms with Gasteiger partial charge in [-0.15, -0.1) is 0 Å². The van der Waals surface area contributed by atoms with Gasteiger partial charge < -0.3 is 4.90 Å². The second-order valence-corrected chi connectivity index (χ2v) is 6.82. The molecule has 0 atom stereocenters. The summed E-state index contributed by atoms with van der Waals surface area (Å²) in [6.07, 6.45) is 1.75. The van der Waals surface area contributed by atoms with Crippen LogP contribution in [0.1, 0.15) is 47.1 Å². The molecule has 0 aliphatic heterocycles. The van der Waals surface area contributed by atoms with Gasteiger partial charge >= 0.3 is 0 Å². The summed E-state index contributed by atoms with van der Waals surface area (Å²) >= 11 is 0. The lowest BCUT2D eigenvalue weighted by molar-refractivity contribution is 0.0786. The highest BCUT2D eigenvalue weighted by Gasteiger charge is 2.20. The van der Waals surface area contributed by atoms with E-state index in [9.17, 15) is 4.79 Å². The molecule has 0 aliphatic carbocycles. The van der Waals surface area contributed by atoms with E-state index in [1.54, 1.807) is 11.1 Å². The summed E-state index contributed by atoms with van der Waals surface area (Å²) in [5.41, 5.74) is 4.58. The molecule has 130 valence electrons. The molecule has 0 radical (unpaired) electrons. The number of aryl methyl sites for hydroxylation is 2. The number of rotatable bonds is 4. The summed E-state index contributed by atoms with van der Waals surface area (Å²) in [6, 6.07) is 10.2. The minimum absolute atomic E-state index is 0.0120. The fourth-order valence-corrected chi connectivity index (χ4v) is 3.02. The summed E-state index contributed by atoms with van der Waals surface area (Å²) in [5, 5.41) is 5.23. The molecule has 1 amide bonds. The highest BCUT2D eigenvalue weighted by Crippen LogP contribution is 2.22. The molecule has 0 bridgehead atoms. The Labute approximate surface area is 148 Å². The smallest absolute Gasteiger partial charge is 0.254 e. The zero-order valence-electron chi connectivity index (χ0n) is 15.4. The molecule has 0 saturated carbocycles. The summed E-state index contributed by atoms with van der Waals surface area (Å²) in [6.45, 7) is 8.67. The lowest BCUT2D eigenvalue weighted by Crippen LogP contribution is -2.27. The van der Waals surface area contributed by atoms with E-state index in [-0.39, 0.29) is 11.9 Å². The lowest BCUT2D eigenvalue weighted by atomic mass is 10.1. The normalized spacial score (nSPS) is 11.3. The van der Waals surface area contributed by atoms with Gasteiger partial charge in [0.05, 0.1) is 17.1 Å². The minimum atomic E-state index is -0.0120. The third-order valence-corrected chi connectivity index (χ3v) is 4.43. The Hall–Kier alpha value is -2.69. The standard InChI is InChI=1S/C20H24N4O/c1-13(2)24-19-18(11-21-24)17(10-15(4)22-19)20(25)23(5)12-16-9-7-6-8-14(16)3/h6-11,13H,12H2,1-5H3. The number of carbonyl (C=O) groups excluding carboxylic acids is 1. The van der Waals surface area contributed by atoms with E-state index in [0.717, 1.165) is 22.3 Å². The average Bonchev–Trinajstić information content (AvgIpc) is 2.99. The fraction of sp³-hybridized carbons (Fsp3) is 0.350. The van der Waals surface area contributed by atoms with Crippen LogP contribution in [-0.4, -0.2) is 32.6 Å². The molecule has 5 heteroatoms. The number of benzene rings is 1. The second kappa shape index (κ2) is 6.67. The van der Waals surface area contributed by atoms with Gasteiger partial charge in [-0.25, -0.2) is 9.67 Å². The van der Waals surface area contributed by atoms with E-state index in [2.05, 4.69) is 43.0 Å². The molecule has 1 aromatic carbocycles. The van der Waals surface area contributed by atoms with Gasteiger partial charge in [0.1, 0.15) is 0 Å². The summed E-state index contributed by atoms with van der Waals surface area (Å²) in [4.78, 5) is 19.4. The summed E-state index contributed by atoms with van der Waals surface area (Å²) < 4.78 is 1.86. The van der Waals surface area contributed by atoms with Gasteiger partial charge in [0.25, 0.3) is 5.91 Å². The van der Waals surface area contributed by atoms with Gasteiger partial charge in [-0.2, -0.15) is 5.10 Å². The zero-order valence-corrected chi connectivity index (χ0v) is 15.4. The van der Waals surface area contributed by atoms with Crippen LogP contribution in [-0.2, 0) is 6.54 Å². The van der Waals surface area contributed by atoms with Crippen molar-refractivity contribution in [2.75, 3.05) is 7.05 Å². The van der Waals surface area contributed by atoms with Crippen LogP contribution in [0.25, 0.3) is 11.0 Å². The average molecular weight is 336 g/mol. The van der Waals surface area contributed by atoms with Crippen molar-refractivity contribution in [1.29, 1.82) is 0 Å². The highest BCUT2D eigenvalue weighted by molar-refractivity contribution is 6.05. The number of carbonyl (C=O) groups is 1. The molecule has 0 unspecified atom stereocenters. The predicted octanol–water partition coefficient (Wildman–Crippen LogP) is 3.90. The van der Waals surface area contributed by atoms with Crippen molar-refractivity contribution >= 4 is 16.9 Å². The Kier molecular flexibility index (Phi) is 4.57. The summed E-state index contributed by atoms with van der Waals surface area (Å²) in [7, 11) is 1.84. The van der Waals surface area contributed by atoms with Crippen LogP contribution in [0.2, 0.25) is 0 Å². The lowest BCUT2D eigenvalue weighted by Gasteiger charge is -2.19. The van der Waals surface area contributed by atoms with Gasteiger partial charge in [0.2, 0.25) is 0 Å². The molecule has 3 aromatic rings. The molecular formula is C20H24N4O. The Morgan fingerprint density at radius 3 is 2.64 bits per heavy atom. The van der Waals surface area contributed by atoms with Crippen molar-refractivity contribution in [2.45, 2.75) is 40.3 Å². The van der Waals surface area contributed by atoms with Crippen LogP contribution in [0.3, 0.4) is 0 Å². The van der Waals surface area contributed by atoms with Crippen molar-refractivity contribution in [3.05, 3.63) is 58.9 Å². The van der Waals surface area contributed by atoms with Gasteiger partial charge in [-0.1, -0.05) is 24.3 Å². The third kappa shape index (κ3) is 3.27. The molecular weight excluding hydrogens is 312 g/mol. The number of aromatic nitrogens is 3. The molecule has 5 nitrogen and oxygen atoms in total. The van der Waals surface area contributed by atoms with Gasteiger partial charge in [0, 0.05) is 25.3 Å². The SMILES string of the molecule is Cc1cc(C(=O)N(C)Cc2ccccc2C)c2cnn(C(C)C)c2n1. The topological polar surface area (TPSA) is 51.0 Å². The van der Waals surface area contributed by atoms with E-state index in [0.29, 0.717) is 12.1 Å². The number of pyridine rings is 1. The molecule has 3 rings (SSSR count). The number of hydrogen-bond donors (Lipinski definition) is 0. The fourth-order valence-electron chi connectivity index (χ4n) is 3.02. The van der Waals surface area contributed by atoms with Crippen molar-refractivity contribution in [3.63, 3.8) is 0 Å². The Morgan fingerprint density at radius 2 is 1.96 bits per heavy atom. The second-order valence-electron chi connectivity index (χ2n) is 6.82. The first-order valence-corrected chi connectivity index (χ1v) is 8.53. The first kappa shape index (κ1) is 17.1. The van der Waals surface area contributed by atoms with E-state index in [1.807, 2.05) is 36.9 Å². The third-order valence-electron chi connectivity index (χ3n) is 4.43. The van der Waals surface area contributed by atoms with E-state index in [4.69, 9.17) is 0 Å². The first-order chi connectivity index (χ1) is 11.9. The van der Waals surface area contributed by atoms with Crippen molar-refractivity contribution in [2.24, 2.45) is 0 Å². The maximum atomic E-state index is 13.1. The Bertz CT molecular complexity index is 927. The molecule has 0 aliphatic rings. The minimum Gasteiger partial charge on any atom is -0.337 e. The molecule has 0 saturated heterocycles. The molecule has 2 aromatic heterocycles. The molecule has 0 fully saturated rings. The van der Waals surface area contributed by atoms with Crippen LogP contribution in [0.4, 0.5) is 0 Å². The summed E-state index contributed by atoms with van der Waals surface area (Å²) in [5.74, 6) is -0.0120. The van der Waals surface area contributed by atoms with Crippen LogP contribution in [0.15, 0.2) is 36.5 Å². The Balaban J connectivity index is 1.98. The molecule has 0 spiro atoms. The number of hydrogen-bond acceptors (Lipinski definition) is 3. The number of fused-ring (bicyclic) bond motifs is 1.